The first-order valence-corrected chi connectivity index (χ1v) is 10.3. The fourth-order valence-corrected chi connectivity index (χ4v) is 3.58. The van der Waals surface area contributed by atoms with Crippen LogP contribution in [-0.2, 0) is 6.54 Å². The summed E-state index contributed by atoms with van der Waals surface area (Å²) in [5.74, 6) is -0.221. The van der Waals surface area contributed by atoms with Gasteiger partial charge in [-0.05, 0) is 53.3 Å². The molecule has 0 fully saturated rings. The summed E-state index contributed by atoms with van der Waals surface area (Å²) in [5.41, 5.74) is 2.54. The minimum Gasteiger partial charge on any atom is -0.347 e. The fourth-order valence-electron chi connectivity index (χ4n) is 2.81. The number of benzene rings is 2. The second kappa shape index (κ2) is 9.53. The zero-order chi connectivity index (χ0) is 19.9. The molecule has 0 radical (unpaired) electrons. The Kier molecular flexibility index (Phi) is 6.85. The van der Waals surface area contributed by atoms with Crippen LogP contribution in [0.3, 0.4) is 0 Å². The van der Waals surface area contributed by atoms with Crippen LogP contribution in [0, 0.1) is 0 Å². The summed E-state index contributed by atoms with van der Waals surface area (Å²) in [5, 5.41) is 8.48. The summed E-state index contributed by atoms with van der Waals surface area (Å²) in [6.45, 7) is 2.44. The lowest BCUT2D eigenvalue weighted by Crippen LogP contribution is -2.28. The van der Waals surface area contributed by atoms with Crippen molar-refractivity contribution >= 4 is 34.8 Å². The van der Waals surface area contributed by atoms with Crippen molar-refractivity contribution in [1.82, 2.24) is 10.6 Å². The summed E-state index contributed by atoms with van der Waals surface area (Å²) < 4.78 is 0. The standard InChI is InChI=1S/C22H21ClN2O2S/c1-2-19(16-9-11-18(23)12-10-16)25-21(26)17-7-5-15(6-8-17)14-24-22(27)20-4-3-13-28-20/h3-13,19H,2,14H2,1H3,(H,24,27)(H,25,26). The fraction of sp³-hybridized carbons (Fsp3) is 0.182. The van der Waals surface area contributed by atoms with Crippen LogP contribution in [0.15, 0.2) is 66.0 Å². The molecular formula is C22H21ClN2O2S. The van der Waals surface area contributed by atoms with E-state index >= 15 is 0 Å². The normalized spacial score (nSPS) is 11.6. The molecule has 0 saturated heterocycles. The lowest BCUT2D eigenvalue weighted by Gasteiger charge is -2.18. The zero-order valence-electron chi connectivity index (χ0n) is 15.4. The first-order valence-electron chi connectivity index (χ1n) is 9.03. The Bertz CT molecular complexity index is 922. The quantitative estimate of drug-likeness (QED) is 0.559. The maximum atomic E-state index is 12.6. The summed E-state index contributed by atoms with van der Waals surface area (Å²) in [7, 11) is 0. The van der Waals surface area contributed by atoms with Gasteiger partial charge in [-0.2, -0.15) is 0 Å². The molecule has 0 aliphatic heterocycles. The molecule has 2 N–H and O–H groups in total. The van der Waals surface area contributed by atoms with Gasteiger partial charge in [0.2, 0.25) is 0 Å². The van der Waals surface area contributed by atoms with Crippen LogP contribution in [0.4, 0.5) is 0 Å². The lowest BCUT2D eigenvalue weighted by molar-refractivity contribution is 0.0932. The topological polar surface area (TPSA) is 58.2 Å². The molecule has 0 aliphatic carbocycles. The van der Waals surface area contributed by atoms with E-state index < -0.39 is 0 Å². The minimum absolute atomic E-state index is 0.0745. The average molecular weight is 413 g/mol. The third-order valence-corrected chi connectivity index (χ3v) is 5.52. The number of rotatable bonds is 7. The van der Waals surface area contributed by atoms with Crippen LogP contribution < -0.4 is 10.6 Å². The van der Waals surface area contributed by atoms with Crippen molar-refractivity contribution in [3.63, 3.8) is 0 Å². The zero-order valence-corrected chi connectivity index (χ0v) is 17.0. The van der Waals surface area contributed by atoms with Gasteiger partial charge in [0, 0.05) is 17.1 Å². The van der Waals surface area contributed by atoms with Gasteiger partial charge in [0.05, 0.1) is 10.9 Å². The van der Waals surface area contributed by atoms with Crippen molar-refractivity contribution in [3.05, 3.63) is 92.6 Å². The molecule has 0 spiro atoms. The highest BCUT2D eigenvalue weighted by molar-refractivity contribution is 7.12. The van der Waals surface area contributed by atoms with Gasteiger partial charge in [0.25, 0.3) is 11.8 Å². The van der Waals surface area contributed by atoms with Crippen molar-refractivity contribution in [2.75, 3.05) is 0 Å². The van der Waals surface area contributed by atoms with Gasteiger partial charge in [0.15, 0.2) is 0 Å². The van der Waals surface area contributed by atoms with E-state index in [4.69, 9.17) is 11.6 Å². The summed E-state index contributed by atoms with van der Waals surface area (Å²) in [4.78, 5) is 25.3. The molecule has 0 bridgehead atoms. The minimum atomic E-state index is -0.129. The van der Waals surface area contributed by atoms with E-state index in [1.807, 2.05) is 54.8 Å². The van der Waals surface area contributed by atoms with Crippen LogP contribution in [0.5, 0.6) is 0 Å². The van der Waals surface area contributed by atoms with Gasteiger partial charge < -0.3 is 10.6 Å². The van der Waals surface area contributed by atoms with Crippen molar-refractivity contribution in [1.29, 1.82) is 0 Å². The van der Waals surface area contributed by atoms with Crippen molar-refractivity contribution in [2.24, 2.45) is 0 Å². The molecule has 1 unspecified atom stereocenters. The Morgan fingerprint density at radius 1 is 1.00 bits per heavy atom. The highest BCUT2D eigenvalue weighted by atomic mass is 35.5. The first-order chi connectivity index (χ1) is 13.6. The molecule has 28 heavy (non-hydrogen) atoms. The van der Waals surface area contributed by atoms with Crippen molar-refractivity contribution in [2.45, 2.75) is 25.9 Å². The van der Waals surface area contributed by atoms with E-state index in [2.05, 4.69) is 10.6 Å². The highest BCUT2D eigenvalue weighted by Gasteiger charge is 2.14. The number of carbonyl (C=O) groups is 2. The Balaban J connectivity index is 1.58. The van der Waals surface area contributed by atoms with E-state index in [0.29, 0.717) is 22.0 Å². The summed E-state index contributed by atoms with van der Waals surface area (Å²) >= 11 is 7.34. The average Bonchev–Trinajstić information content (AvgIpc) is 3.26. The van der Waals surface area contributed by atoms with E-state index in [1.165, 1.54) is 11.3 Å². The molecule has 3 aromatic rings. The second-order valence-corrected chi connectivity index (χ2v) is 7.73. The molecule has 144 valence electrons. The maximum Gasteiger partial charge on any atom is 0.261 e. The first kappa shape index (κ1) is 20.1. The molecule has 0 aliphatic rings. The van der Waals surface area contributed by atoms with Gasteiger partial charge >= 0.3 is 0 Å². The van der Waals surface area contributed by atoms with Gasteiger partial charge in [-0.25, -0.2) is 0 Å². The SMILES string of the molecule is CCC(NC(=O)c1ccc(CNC(=O)c2cccs2)cc1)c1ccc(Cl)cc1. The Hall–Kier alpha value is -2.63. The Morgan fingerprint density at radius 2 is 1.71 bits per heavy atom. The number of amides is 2. The largest absolute Gasteiger partial charge is 0.347 e. The van der Waals surface area contributed by atoms with Gasteiger partial charge in [0.1, 0.15) is 0 Å². The van der Waals surface area contributed by atoms with E-state index in [0.717, 1.165) is 17.5 Å². The maximum absolute atomic E-state index is 12.6. The highest BCUT2D eigenvalue weighted by Crippen LogP contribution is 2.20. The molecule has 1 atom stereocenters. The third-order valence-electron chi connectivity index (χ3n) is 4.40. The van der Waals surface area contributed by atoms with Crippen LogP contribution >= 0.6 is 22.9 Å². The molecule has 6 heteroatoms. The van der Waals surface area contributed by atoms with Crippen molar-refractivity contribution < 1.29 is 9.59 Å². The van der Waals surface area contributed by atoms with E-state index in [9.17, 15) is 9.59 Å². The number of halogens is 1. The number of nitrogens with one attached hydrogen (secondary N) is 2. The van der Waals surface area contributed by atoms with Crippen LogP contribution in [0.25, 0.3) is 0 Å². The van der Waals surface area contributed by atoms with Gasteiger partial charge in [-0.15, -0.1) is 11.3 Å². The predicted octanol–water partition coefficient (Wildman–Crippen LogP) is 5.21. The van der Waals surface area contributed by atoms with Crippen LogP contribution in [-0.4, -0.2) is 11.8 Å². The molecule has 2 amide bonds. The molecule has 4 nitrogen and oxygen atoms in total. The third kappa shape index (κ3) is 5.21. The van der Waals surface area contributed by atoms with Crippen LogP contribution in [0.2, 0.25) is 5.02 Å². The van der Waals surface area contributed by atoms with Gasteiger partial charge in [-0.1, -0.05) is 48.9 Å². The molecule has 3 rings (SSSR count). The molecular weight excluding hydrogens is 392 g/mol. The molecule has 1 aromatic heterocycles. The van der Waals surface area contributed by atoms with E-state index in [-0.39, 0.29) is 17.9 Å². The number of thiophene rings is 1. The monoisotopic (exact) mass is 412 g/mol. The predicted molar refractivity (Wildman–Crippen MR) is 114 cm³/mol. The van der Waals surface area contributed by atoms with Crippen molar-refractivity contribution in [3.8, 4) is 0 Å². The number of carbonyl (C=O) groups excluding carboxylic acids is 2. The van der Waals surface area contributed by atoms with Crippen LogP contribution in [0.1, 0.15) is 50.5 Å². The van der Waals surface area contributed by atoms with Gasteiger partial charge in [-0.3, -0.25) is 9.59 Å². The smallest absolute Gasteiger partial charge is 0.261 e. The molecule has 0 saturated carbocycles. The Morgan fingerprint density at radius 3 is 2.32 bits per heavy atom. The molecule has 2 aromatic carbocycles. The Labute approximate surface area is 173 Å². The number of hydrogen-bond acceptors (Lipinski definition) is 3. The number of hydrogen-bond donors (Lipinski definition) is 2. The second-order valence-electron chi connectivity index (χ2n) is 6.34. The lowest BCUT2D eigenvalue weighted by atomic mass is 10.0. The molecule has 1 heterocycles. The van der Waals surface area contributed by atoms with E-state index in [1.54, 1.807) is 18.2 Å². The summed E-state index contributed by atoms with van der Waals surface area (Å²) in [6.07, 6.45) is 0.778. The summed E-state index contributed by atoms with van der Waals surface area (Å²) in [6, 6.07) is 18.3.